The third-order valence-corrected chi connectivity index (χ3v) is 6.31. The van der Waals surface area contributed by atoms with Crippen LogP contribution in [0.25, 0.3) is 0 Å². The number of carbonyl (C=O) groups excluding carboxylic acids is 1. The van der Waals surface area contributed by atoms with Gasteiger partial charge >= 0.3 is 6.16 Å². The van der Waals surface area contributed by atoms with Crippen molar-refractivity contribution in [2.24, 2.45) is 11.8 Å². The molecule has 26 heavy (non-hydrogen) atoms. The largest absolute Gasteiger partial charge is 0.508 e. The quantitative estimate of drug-likeness (QED) is 0.415. The van der Waals surface area contributed by atoms with E-state index < -0.39 is 11.8 Å². The van der Waals surface area contributed by atoms with Crippen molar-refractivity contribution >= 4 is 6.16 Å². The number of rotatable bonds is 9. The molecule has 2 aliphatic rings. The summed E-state index contributed by atoms with van der Waals surface area (Å²) in [4.78, 5) is 11.1. The van der Waals surface area contributed by atoms with Gasteiger partial charge in [0.25, 0.3) is 0 Å². The van der Waals surface area contributed by atoms with Gasteiger partial charge in [0, 0.05) is 0 Å². The first-order valence-electron chi connectivity index (χ1n) is 10.7. The van der Waals surface area contributed by atoms with Gasteiger partial charge in [0.1, 0.15) is 6.61 Å². The van der Waals surface area contributed by atoms with Crippen LogP contribution in [0.15, 0.2) is 12.2 Å². The van der Waals surface area contributed by atoms with Gasteiger partial charge in [-0.1, -0.05) is 70.3 Å². The molecule has 4 nitrogen and oxygen atoms in total. The highest BCUT2D eigenvalue weighted by Crippen LogP contribution is 2.34. The first-order valence-corrected chi connectivity index (χ1v) is 10.7. The predicted molar refractivity (Wildman–Crippen MR) is 104 cm³/mol. The molecule has 0 heterocycles. The van der Waals surface area contributed by atoms with Crippen LogP contribution in [0.4, 0.5) is 4.79 Å². The zero-order valence-electron chi connectivity index (χ0n) is 16.6. The van der Waals surface area contributed by atoms with Gasteiger partial charge in [0.15, 0.2) is 0 Å². The van der Waals surface area contributed by atoms with Crippen LogP contribution >= 0.6 is 0 Å². The van der Waals surface area contributed by atoms with Crippen molar-refractivity contribution in [2.75, 3.05) is 13.7 Å². The lowest BCUT2D eigenvalue weighted by molar-refractivity contribution is 0.0519. The van der Waals surface area contributed by atoms with E-state index in [9.17, 15) is 9.90 Å². The van der Waals surface area contributed by atoms with Gasteiger partial charge in [0.05, 0.1) is 12.7 Å². The molecule has 0 aromatic heterocycles. The lowest BCUT2D eigenvalue weighted by Crippen LogP contribution is -2.28. The zero-order chi connectivity index (χ0) is 18.7. The molecule has 0 spiro atoms. The molecular formula is C22H38O4. The van der Waals surface area contributed by atoms with Crippen LogP contribution in [0.1, 0.15) is 89.9 Å². The minimum atomic E-state index is -0.769. The Labute approximate surface area is 159 Å². The lowest BCUT2D eigenvalue weighted by Gasteiger charge is -2.31. The number of ether oxygens (including phenoxy) is 2. The van der Waals surface area contributed by atoms with E-state index >= 15 is 0 Å². The van der Waals surface area contributed by atoms with Gasteiger partial charge in [-0.05, 0) is 43.6 Å². The second-order valence-electron chi connectivity index (χ2n) is 8.36. The summed E-state index contributed by atoms with van der Waals surface area (Å²) in [5.41, 5.74) is -0.769. The Kier molecular flexibility index (Phi) is 9.52. The second kappa shape index (κ2) is 11.6. The van der Waals surface area contributed by atoms with E-state index in [1.807, 2.05) is 6.08 Å². The molecule has 4 heteroatoms. The molecule has 0 saturated heterocycles. The van der Waals surface area contributed by atoms with E-state index in [2.05, 4.69) is 4.74 Å². The Morgan fingerprint density at radius 3 is 1.92 bits per heavy atom. The fourth-order valence-electron chi connectivity index (χ4n) is 4.59. The van der Waals surface area contributed by atoms with Gasteiger partial charge in [-0.2, -0.15) is 0 Å². The molecule has 2 rings (SSSR count). The number of hydrogen-bond donors (Lipinski definition) is 1. The van der Waals surface area contributed by atoms with E-state index in [1.54, 1.807) is 6.08 Å². The van der Waals surface area contributed by atoms with Crippen LogP contribution in [0.5, 0.6) is 0 Å². The third kappa shape index (κ3) is 8.11. The zero-order valence-corrected chi connectivity index (χ0v) is 16.6. The number of carbonyl (C=O) groups is 1. The van der Waals surface area contributed by atoms with Crippen molar-refractivity contribution in [3.8, 4) is 0 Å². The summed E-state index contributed by atoms with van der Waals surface area (Å²) in [6.45, 7) is 0.155. The fraction of sp³-hybridized carbons (Fsp3) is 0.864. The predicted octanol–water partition coefficient (Wildman–Crippen LogP) is 5.78. The van der Waals surface area contributed by atoms with Crippen molar-refractivity contribution in [3.63, 3.8) is 0 Å². The van der Waals surface area contributed by atoms with E-state index in [0.717, 1.165) is 37.5 Å². The summed E-state index contributed by atoms with van der Waals surface area (Å²) in [5.74, 6) is 1.54. The summed E-state index contributed by atoms with van der Waals surface area (Å²) in [6.07, 6.45) is 20.2. The minimum Gasteiger partial charge on any atom is -0.438 e. The van der Waals surface area contributed by atoms with Crippen molar-refractivity contribution in [1.82, 2.24) is 0 Å². The molecule has 2 fully saturated rings. The van der Waals surface area contributed by atoms with Crippen molar-refractivity contribution in [1.29, 1.82) is 0 Å². The first kappa shape index (κ1) is 21.3. The summed E-state index contributed by atoms with van der Waals surface area (Å²) in [7, 11) is 1.30. The van der Waals surface area contributed by atoms with Gasteiger partial charge in [0.2, 0.25) is 0 Å². The Hall–Kier alpha value is -1.03. The van der Waals surface area contributed by atoms with Crippen LogP contribution in [-0.4, -0.2) is 30.6 Å². The van der Waals surface area contributed by atoms with Crippen LogP contribution < -0.4 is 0 Å². The highest BCUT2D eigenvalue weighted by atomic mass is 16.7. The van der Waals surface area contributed by atoms with E-state index in [-0.39, 0.29) is 6.61 Å². The monoisotopic (exact) mass is 366 g/mol. The summed E-state index contributed by atoms with van der Waals surface area (Å²) in [6, 6.07) is 0. The van der Waals surface area contributed by atoms with Crippen LogP contribution in [0, 0.1) is 11.8 Å². The average Bonchev–Trinajstić information content (AvgIpc) is 2.70. The summed E-state index contributed by atoms with van der Waals surface area (Å²) < 4.78 is 9.39. The van der Waals surface area contributed by atoms with Gasteiger partial charge in [-0.15, -0.1) is 0 Å². The molecule has 0 aromatic rings. The number of hydrogen-bond acceptors (Lipinski definition) is 4. The van der Waals surface area contributed by atoms with Gasteiger partial charge in [-0.25, -0.2) is 4.79 Å². The maximum Gasteiger partial charge on any atom is 0.508 e. The molecule has 0 unspecified atom stereocenters. The van der Waals surface area contributed by atoms with Gasteiger partial charge in [-0.3, -0.25) is 0 Å². The van der Waals surface area contributed by atoms with Crippen LogP contribution in [0.3, 0.4) is 0 Å². The Balaban J connectivity index is 1.84. The molecule has 2 aliphatic carbocycles. The third-order valence-electron chi connectivity index (χ3n) is 6.31. The van der Waals surface area contributed by atoms with E-state index in [0.29, 0.717) is 0 Å². The average molecular weight is 367 g/mol. The summed E-state index contributed by atoms with van der Waals surface area (Å²) >= 11 is 0. The maximum absolute atomic E-state index is 11.2. The standard InChI is InChI=1S/C22H38O4/c1-25-21(23)26-18-8-15-22(24,16-13-19-9-4-2-5-10-19)17-14-20-11-6-3-7-12-20/h8,15,19-20,24H,2-7,9-14,16-18H2,1H3/b15-8+. The molecule has 2 saturated carbocycles. The van der Waals surface area contributed by atoms with Gasteiger partial charge < -0.3 is 14.6 Å². The van der Waals surface area contributed by atoms with Crippen LogP contribution in [0.2, 0.25) is 0 Å². The SMILES string of the molecule is COC(=O)OC/C=C/C(O)(CCC1CCCCC1)CCC1CCCCC1. The molecule has 0 aromatic carbocycles. The van der Waals surface area contributed by atoms with Crippen molar-refractivity contribution in [3.05, 3.63) is 12.2 Å². The normalized spacial score (nSPS) is 20.4. The maximum atomic E-state index is 11.2. The lowest BCUT2D eigenvalue weighted by atomic mass is 9.79. The molecule has 0 aliphatic heterocycles. The molecule has 1 N–H and O–H groups in total. The molecule has 0 amide bonds. The van der Waals surface area contributed by atoms with E-state index in [1.165, 1.54) is 71.3 Å². The van der Waals surface area contributed by atoms with Crippen molar-refractivity contribution < 1.29 is 19.4 Å². The highest BCUT2D eigenvalue weighted by molar-refractivity contribution is 5.59. The molecule has 0 radical (unpaired) electrons. The Bertz CT molecular complexity index is 398. The fourth-order valence-corrected chi connectivity index (χ4v) is 4.59. The van der Waals surface area contributed by atoms with Crippen molar-refractivity contribution in [2.45, 2.75) is 95.5 Å². The van der Waals surface area contributed by atoms with E-state index in [4.69, 9.17) is 4.74 Å². The first-order chi connectivity index (χ1) is 12.6. The topological polar surface area (TPSA) is 55.8 Å². The smallest absolute Gasteiger partial charge is 0.438 e. The minimum absolute atomic E-state index is 0.155. The summed E-state index contributed by atoms with van der Waals surface area (Å²) in [5, 5.41) is 11.2. The highest BCUT2D eigenvalue weighted by Gasteiger charge is 2.27. The second-order valence-corrected chi connectivity index (χ2v) is 8.36. The molecule has 0 bridgehead atoms. The molecule has 150 valence electrons. The number of aliphatic hydroxyl groups is 1. The Morgan fingerprint density at radius 2 is 1.46 bits per heavy atom. The molecule has 0 atom stereocenters. The Morgan fingerprint density at radius 1 is 0.962 bits per heavy atom. The number of methoxy groups -OCH3 is 1. The van der Waals surface area contributed by atoms with Crippen LogP contribution in [-0.2, 0) is 9.47 Å². The molecular weight excluding hydrogens is 328 g/mol.